The molecule has 2 heterocycles. The highest BCUT2D eigenvalue weighted by Crippen LogP contribution is 2.28. The Hall–Kier alpha value is -1.46. The fourth-order valence-corrected chi connectivity index (χ4v) is 3.46. The molecule has 1 atom stereocenters. The van der Waals surface area contributed by atoms with E-state index in [2.05, 4.69) is 0 Å². The molecule has 3 nitrogen and oxygen atoms in total. The maximum atomic E-state index is 13.1. The van der Waals surface area contributed by atoms with Crippen LogP contribution in [0.3, 0.4) is 0 Å². The summed E-state index contributed by atoms with van der Waals surface area (Å²) in [5.74, 6) is -0.359. The van der Waals surface area contributed by atoms with Gasteiger partial charge in [0.25, 0.3) is 5.91 Å². The van der Waals surface area contributed by atoms with E-state index in [9.17, 15) is 14.3 Å². The van der Waals surface area contributed by atoms with Crippen LogP contribution >= 0.6 is 11.3 Å². The van der Waals surface area contributed by atoms with Gasteiger partial charge in [0.15, 0.2) is 0 Å². The van der Waals surface area contributed by atoms with Crippen LogP contribution in [-0.2, 0) is 0 Å². The molecule has 0 spiro atoms. The number of β-amino-alcohol motifs (C(OH)–C–C–N with tert-alkyl or cyclic N) is 1. The van der Waals surface area contributed by atoms with Crippen LogP contribution in [0.2, 0.25) is 0 Å². The van der Waals surface area contributed by atoms with Crippen molar-refractivity contribution < 1.29 is 14.3 Å². The number of carbonyl (C=O) groups excluding carboxylic acids is 1. The third-order valence-corrected chi connectivity index (χ3v) is 4.46. The number of thiophene rings is 1. The van der Waals surface area contributed by atoms with Crippen LogP contribution in [0.4, 0.5) is 4.39 Å². The molecular formula is C14H14FNO2S. The number of carbonyl (C=O) groups is 1. The number of likely N-dealkylation sites (tertiary alicyclic amines) is 1. The van der Waals surface area contributed by atoms with Gasteiger partial charge in [0, 0.05) is 17.8 Å². The van der Waals surface area contributed by atoms with Crippen LogP contribution in [0.5, 0.6) is 0 Å². The largest absolute Gasteiger partial charge is 0.391 e. The monoisotopic (exact) mass is 279 g/mol. The molecule has 1 N–H and O–H groups in total. The van der Waals surface area contributed by atoms with E-state index < -0.39 is 6.10 Å². The number of rotatable bonds is 1. The molecule has 0 unspecified atom stereocenters. The third-order valence-electron chi connectivity index (χ3n) is 3.38. The van der Waals surface area contributed by atoms with Crippen LogP contribution in [-0.4, -0.2) is 35.1 Å². The molecule has 1 aromatic heterocycles. The van der Waals surface area contributed by atoms with Crippen LogP contribution < -0.4 is 0 Å². The minimum Gasteiger partial charge on any atom is -0.391 e. The highest BCUT2D eigenvalue weighted by atomic mass is 32.1. The molecule has 0 aliphatic carbocycles. The topological polar surface area (TPSA) is 40.5 Å². The van der Waals surface area contributed by atoms with Gasteiger partial charge in [-0.2, -0.15) is 0 Å². The Morgan fingerprint density at radius 1 is 1.42 bits per heavy atom. The van der Waals surface area contributed by atoms with Gasteiger partial charge in [-0.25, -0.2) is 4.39 Å². The van der Waals surface area contributed by atoms with Crippen molar-refractivity contribution >= 4 is 27.3 Å². The summed E-state index contributed by atoms with van der Waals surface area (Å²) in [7, 11) is 0. The number of fused-ring (bicyclic) bond motifs is 1. The summed E-state index contributed by atoms with van der Waals surface area (Å²) in [5, 5.41) is 10.5. The Labute approximate surface area is 114 Å². The fraction of sp³-hybridized carbons (Fsp3) is 0.357. The summed E-state index contributed by atoms with van der Waals surface area (Å²) in [6.45, 7) is 1.07. The van der Waals surface area contributed by atoms with Crippen LogP contribution in [0.15, 0.2) is 24.3 Å². The summed E-state index contributed by atoms with van der Waals surface area (Å²) in [4.78, 5) is 14.6. The van der Waals surface area contributed by atoms with E-state index in [0.29, 0.717) is 18.0 Å². The number of aliphatic hydroxyl groups excluding tert-OH is 1. The second-order valence-electron chi connectivity index (χ2n) is 4.84. The molecule has 1 aliphatic rings. The smallest absolute Gasteiger partial charge is 0.264 e. The Morgan fingerprint density at radius 2 is 2.26 bits per heavy atom. The van der Waals surface area contributed by atoms with Crippen LogP contribution in [0, 0.1) is 5.82 Å². The van der Waals surface area contributed by atoms with Gasteiger partial charge in [0.2, 0.25) is 0 Å². The van der Waals surface area contributed by atoms with Gasteiger partial charge in [-0.1, -0.05) is 6.07 Å². The standard InChI is InChI=1S/C14H14FNO2S/c15-10-4-3-9-6-13(19-12(9)7-10)14(18)16-5-1-2-11(17)8-16/h3-4,6-7,11,17H,1-2,5,8H2/t11-/m0/s1. The molecule has 100 valence electrons. The van der Waals surface area contributed by atoms with Crippen molar-refractivity contribution in [2.75, 3.05) is 13.1 Å². The van der Waals surface area contributed by atoms with Crippen molar-refractivity contribution in [1.82, 2.24) is 4.90 Å². The highest BCUT2D eigenvalue weighted by molar-refractivity contribution is 7.20. The first kappa shape index (κ1) is 12.6. The molecule has 0 radical (unpaired) electrons. The quantitative estimate of drug-likeness (QED) is 0.871. The molecule has 1 amide bonds. The van der Waals surface area contributed by atoms with Gasteiger partial charge in [0.1, 0.15) is 5.82 Å². The molecule has 1 aliphatic heterocycles. The van der Waals surface area contributed by atoms with Gasteiger partial charge in [-0.05, 0) is 36.4 Å². The normalized spacial score (nSPS) is 19.9. The van der Waals surface area contributed by atoms with Gasteiger partial charge in [-0.15, -0.1) is 11.3 Å². The van der Waals surface area contributed by atoms with E-state index in [0.717, 1.165) is 22.9 Å². The maximum Gasteiger partial charge on any atom is 0.264 e. The molecule has 1 saturated heterocycles. The first-order valence-corrected chi connectivity index (χ1v) is 7.11. The van der Waals surface area contributed by atoms with Crippen molar-refractivity contribution in [2.24, 2.45) is 0 Å². The van der Waals surface area contributed by atoms with E-state index in [1.807, 2.05) is 0 Å². The van der Waals surface area contributed by atoms with E-state index in [-0.39, 0.29) is 11.7 Å². The minimum atomic E-state index is -0.426. The summed E-state index contributed by atoms with van der Waals surface area (Å²) in [6.07, 6.45) is 1.15. The number of benzene rings is 1. The molecule has 1 fully saturated rings. The number of piperidine rings is 1. The molecule has 2 aromatic rings. The van der Waals surface area contributed by atoms with Crippen molar-refractivity contribution in [3.63, 3.8) is 0 Å². The van der Waals surface area contributed by atoms with Crippen molar-refractivity contribution in [1.29, 1.82) is 0 Å². The summed E-state index contributed by atoms with van der Waals surface area (Å²) < 4.78 is 13.9. The average molecular weight is 279 g/mol. The molecular weight excluding hydrogens is 265 g/mol. The lowest BCUT2D eigenvalue weighted by Crippen LogP contribution is -2.41. The van der Waals surface area contributed by atoms with E-state index in [1.54, 1.807) is 17.0 Å². The second-order valence-corrected chi connectivity index (χ2v) is 5.92. The van der Waals surface area contributed by atoms with Crippen molar-refractivity contribution in [3.8, 4) is 0 Å². The molecule has 5 heteroatoms. The lowest BCUT2D eigenvalue weighted by Gasteiger charge is -2.29. The molecule has 0 bridgehead atoms. The number of hydrogen-bond acceptors (Lipinski definition) is 3. The lowest BCUT2D eigenvalue weighted by molar-refractivity contribution is 0.0478. The van der Waals surface area contributed by atoms with E-state index >= 15 is 0 Å². The SMILES string of the molecule is O=C(c1cc2ccc(F)cc2s1)N1CCC[C@H](O)C1. The summed E-state index contributed by atoms with van der Waals surface area (Å²) >= 11 is 1.30. The Morgan fingerprint density at radius 3 is 3.05 bits per heavy atom. The zero-order valence-electron chi connectivity index (χ0n) is 10.3. The number of halogens is 1. The van der Waals surface area contributed by atoms with Gasteiger partial charge in [0.05, 0.1) is 11.0 Å². The maximum absolute atomic E-state index is 13.1. The van der Waals surface area contributed by atoms with Gasteiger partial charge >= 0.3 is 0 Å². The zero-order valence-corrected chi connectivity index (χ0v) is 11.1. The lowest BCUT2D eigenvalue weighted by atomic mass is 10.1. The predicted octanol–water partition coefficient (Wildman–Crippen LogP) is 2.64. The summed E-state index contributed by atoms with van der Waals surface area (Å²) in [5.41, 5.74) is 0. The summed E-state index contributed by atoms with van der Waals surface area (Å²) in [6, 6.07) is 6.32. The molecule has 1 aromatic carbocycles. The van der Waals surface area contributed by atoms with Gasteiger partial charge < -0.3 is 10.0 Å². The Bertz CT molecular complexity index is 625. The molecule has 0 saturated carbocycles. The highest BCUT2D eigenvalue weighted by Gasteiger charge is 2.24. The van der Waals surface area contributed by atoms with Crippen molar-refractivity contribution in [2.45, 2.75) is 18.9 Å². The molecule has 19 heavy (non-hydrogen) atoms. The fourth-order valence-electron chi connectivity index (χ4n) is 2.41. The van der Waals surface area contributed by atoms with Gasteiger partial charge in [-0.3, -0.25) is 4.79 Å². The number of nitrogens with zero attached hydrogens (tertiary/aromatic N) is 1. The first-order chi connectivity index (χ1) is 9.13. The third kappa shape index (κ3) is 2.48. The Kier molecular flexibility index (Phi) is 3.24. The van der Waals surface area contributed by atoms with Crippen molar-refractivity contribution in [3.05, 3.63) is 35.0 Å². The van der Waals surface area contributed by atoms with Crippen LogP contribution in [0.25, 0.3) is 10.1 Å². The minimum absolute atomic E-state index is 0.0691. The number of hydrogen-bond donors (Lipinski definition) is 1. The number of amides is 1. The van der Waals surface area contributed by atoms with E-state index in [1.165, 1.54) is 23.5 Å². The number of aliphatic hydroxyl groups is 1. The molecule has 3 rings (SSSR count). The van der Waals surface area contributed by atoms with Crippen LogP contribution in [0.1, 0.15) is 22.5 Å². The van der Waals surface area contributed by atoms with E-state index in [4.69, 9.17) is 0 Å². The predicted molar refractivity (Wildman–Crippen MR) is 72.9 cm³/mol. The first-order valence-electron chi connectivity index (χ1n) is 6.30. The second kappa shape index (κ2) is 4.90. The average Bonchev–Trinajstić information content (AvgIpc) is 2.80. The zero-order chi connectivity index (χ0) is 13.4. The Balaban J connectivity index is 1.88.